The third kappa shape index (κ3) is 2.22. The standard InChI is InChI=1S/C21H21ClN4O/c22-13-6-7-17-16(12-13)21(20(27)25-17)19-15(8-10-24-21)14-4-1-2-5-18(14)26(19)11-3-9-23/h1-2,4-7,12,24H,3,8-11,23H2,(H,25,27)/t21-/m1/s1. The average Bonchev–Trinajstić information content (AvgIpc) is 3.14. The molecule has 0 aliphatic carbocycles. The highest BCUT2D eigenvalue weighted by Crippen LogP contribution is 2.47. The Kier molecular flexibility index (Phi) is 3.79. The number of nitrogens with zero attached hydrogens (tertiary/aromatic N) is 1. The van der Waals surface area contributed by atoms with Gasteiger partial charge in [-0.15, -0.1) is 0 Å². The summed E-state index contributed by atoms with van der Waals surface area (Å²) < 4.78 is 2.28. The van der Waals surface area contributed by atoms with Crippen LogP contribution in [0.15, 0.2) is 42.5 Å². The fourth-order valence-corrected chi connectivity index (χ4v) is 4.85. The first-order valence-electron chi connectivity index (χ1n) is 9.34. The lowest BCUT2D eigenvalue weighted by molar-refractivity contribution is -0.120. The maximum absolute atomic E-state index is 13.3. The molecule has 5 rings (SSSR count). The Hall–Kier alpha value is -2.34. The molecule has 2 aliphatic rings. The van der Waals surface area contributed by atoms with Gasteiger partial charge in [0.2, 0.25) is 0 Å². The van der Waals surface area contributed by atoms with Crippen LogP contribution in [0.3, 0.4) is 0 Å². The number of nitrogens with two attached hydrogens (primary N) is 1. The van der Waals surface area contributed by atoms with Crippen molar-refractivity contribution in [3.8, 4) is 0 Å². The van der Waals surface area contributed by atoms with Crippen LogP contribution in [0, 0.1) is 0 Å². The summed E-state index contributed by atoms with van der Waals surface area (Å²) >= 11 is 6.31. The number of aryl methyl sites for hydroxylation is 1. The minimum Gasteiger partial charge on any atom is -0.342 e. The Morgan fingerprint density at radius 2 is 2.07 bits per heavy atom. The van der Waals surface area contributed by atoms with Gasteiger partial charge in [-0.3, -0.25) is 10.1 Å². The van der Waals surface area contributed by atoms with E-state index in [4.69, 9.17) is 17.3 Å². The van der Waals surface area contributed by atoms with Gasteiger partial charge in [0.25, 0.3) is 5.91 Å². The molecule has 1 aromatic heterocycles. The molecule has 0 radical (unpaired) electrons. The van der Waals surface area contributed by atoms with Gasteiger partial charge in [-0.2, -0.15) is 0 Å². The molecule has 4 N–H and O–H groups in total. The zero-order valence-electron chi connectivity index (χ0n) is 14.9. The minimum absolute atomic E-state index is 0.0440. The third-order valence-electron chi connectivity index (χ3n) is 5.76. The second-order valence-electron chi connectivity index (χ2n) is 7.21. The van der Waals surface area contributed by atoms with Crippen LogP contribution < -0.4 is 16.4 Å². The van der Waals surface area contributed by atoms with Crippen molar-refractivity contribution in [2.24, 2.45) is 5.73 Å². The van der Waals surface area contributed by atoms with E-state index in [0.29, 0.717) is 11.6 Å². The van der Waals surface area contributed by atoms with Crippen LogP contribution in [-0.4, -0.2) is 23.6 Å². The van der Waals surface area contributed by atoms with Crippen molar-refractivity contribution in [1.29, 1.82) is 0 Å². The second-order valence-corrected chi connectivity index (χ2v) is 7.65. The molecule has 6 heteroatoms. The highest BCUT2D eigenvalue weighted by Gasteiger charge is 2.53. The molecule has 27 heavy (non-hydrogen) atoms. The maximum atomic E-state index is 13.3. The van der Waals surface area contributed by atoms with E-state index in [1.54, 1.807) is 0 Å². The van der Waals surface area contributed by atoms with E-state index in [-0.39, 0.29) is 5.91 Å². The van der Waals surface area contributed by atoms with Crippen molar-refractivity contribution in [1.82, 2.24) is 9.88 Å². The molecule has 1 spiro atoms. The Bertz CT molecular complexity index is 1070. The zero-order valence-corrected chi connectivity index (χ0v) is 15.6. The van der Waals surface area contributed by atoms with Gasteiger partial charge in [0.15, 0.2) is 5.54 Å². The molecule has 1 amide bonds. The molecular weight excluding hydrogens is 360 g/mol. The summed E-state index contributed by atoms with van der Waals surface area (Å²) in [5, 5.41) is 8.44. The molecule has 3 aromatic rings. The number of fused-ring (bicyclic) bond motifs is 6. The van der Waals surface area contributed by atoms with Crippen molar-refractivity contribution in [3.05, 3.63) is 64.3 Å². The largest absolute Gasteiger partial charge is 0.342 e. The van der Waals surface area contributed by atoms with Crippen LogP contribution in [-0.2, 0) is 23.3 Å². The fourth-order valence-electron chi connectivity index (χ4n) is 4.68. The molecule has 0 saturated carbocycles. The normalized spacial score (nSPS) is 20.7. The number of anilines is 1. The number of benzene rings is 2. The fraction of sp³-hybridized carbons (Fsp3) is 0.286. The Morgan fingerprint density at radius 3 is 2.93 bits per heavy atom. The van der Waals surface area contributed by atoms with Crippen LogP contribution in [0.1, 0.15) is 23.2 Å². The molecule has 0 fully saturated rings. The summed E-state index contributed by atoms with van der Waals surface area (Å²) in [6, 6.07) is 14.0. The number of aromatic nitrogens is 1. The molecular formula is C21H21ClN4O. The van der Waals surface area contributed by atoms with Crippen molar-refractivity contribution >= 4 is 34.1 Å². The summed E-state index contributed by atoms with van der Waals surface area (Å²) in [4.78, 5) is 13.3. The summed E-state index contributed by atoms with van der Waals surface area (Å²) in [5.41, 5.74) is 10.0. The molecule has 2 aliphatic heterocycles. The highest BCUT2D eigenvalue weighted by molar-refractivity contribution is 6.31. The van der Waals surface area contributed by atoms with Gasteiger partial charge in [-0.25, -0.2) is 0 Å². The van der Waals surface area contributed by atoms with Crippen LogP contribution in [0.25, 0.3) is 10.9 Å². The van der Waals surface area contributed by atoms with Gasteiger partial charge in [0, 0.05) is 40.3 Å². The number of amides is 1. The monoisotopic (exact) mass is 380 g/mol. The Balaban J connectivity index is 1.86. The van der Waals surface area contributed by atoms with E-state index in [1.807, 2.05) is 24.3 Å². The zero-order chi connectivity index (χ0) is 18.6. The molecule has 0 unspecified atom stereocenters. The SMILES string of the molecule is NCCCn1c2c(c3ccccc31)CCN[C@@]21C(=O)Nc2ccc(Cl)cc21. The second kappa shape index (κ2) is 6.09. The lowest BCUT2D eigenvalue weighted by Crippen LogP contribution is -2.54. The van der Waals surface area contributed by atoms with Crippen LogP contribution in [0.5, 0.6) is 0 Å². The molecule has 0 saturated heterocycles. The van der Waals surface area contributed by atoms with Gasteiger partial charge in [0.1, 0.15) is 0 Å². The minimum atomic E-state index is -0.915. The van der Waals surface area contributed by atoms with Crippen molar-refractivity contribution in [2.45, 2.75) is 24.9 Å². The van der Waals surface area contributed by atoms with E-state index < -0.39 is 5.54 Å². The van der Waals surface area contributed by atoms with E-state index in [1.165, 1.54) is 10.9 Å². The summed E-state index contributed by atoms with van der Waals surface area (Å²) in [5.74, 6) is -0.0440. The number of carbonyl (C=O) groups excluding carboxylic acids is 1. The van der Waals surface area contributed by atoms with Gasteiger partial charge in [-0.1, -0.05) is 29.8 Å². The Labute approximate surface area is 162 Å². The number of nitrogens with one attached hydrogen (secondary N) is 2. The molecule has 2 aromatic carbocycles. The first-order chi connectivity index (χ1) is 13.2. The number of hydrogen-bond acceptors (Lipinski definition) is 3. The molecule has 138 valence electrons. The highest BCUT2D eigenvalue weighted by atomic mass is 35.5. The van der Waals surface area contributed by atoms with Crippen molar-refractivity contribution in [2.75, 3.05) is 18.4 Å². The van der Waals surface area contributed by atoms with Crippen LogP contribution in [0.2, 0.25) is 5.02 Å². The predicted molar refractivity (Wildman–Crippen MR) is 108 cm³/mol. The summed E-state index contributed by atoms with van der Waals surface area (Å²) in [7, 11) is 0. The van der Waals surface area contributed by atoms with Crippen molar-refractivity contribution in [3.63, 3.8) is 0 Å². The van der Waals surface area contributed by atoms with Gasteiger partial charge in [-0.05, 0) is 49.2 Å². The molecule has 1 atom stereocenters. The molecule has 3 heterocycles. The first kappa shape index (κ1) is 16.8. The van der Waals surface area contributed by atoms with Gasteiger partial charge >= 0.3 is 0 Å². The van der Waals surface area contributed by atoms with E-state index in [9.17, 15) is 4.79 Å². The van der Waals surface area contributed by atoms with E-state index >= 15 is 0 Å². The van der Waals surface area contributed by atoms with Crippen LogP contribution >= 0.6 is 11.6 Å². The van der Waals surface area contributed by atoms with Crippen molar-refractivity contribution < 1.29 is 4.79 Å². The summed E-state index contributed by atoms with van der Waals surface area (Å²) in [6.45, 7) is 2.12. The number of rotatable bonds is 3. The number of halogens is 1. The maximum Gasteiger partial charge on any atom is 0.255 e. The molecule has 5 nitrogen and oxygen atoms in total. The van der Waals surface area contributed by atoms with Crippen LogP contribution in [0.4, 0.5) is 5.69 Å². The smallest absolute Gasteiger partial charge is 0.255 e. The van der Waals surface area contributed by atoms with E-state index in [2.05, 4.69) is 33.4 Å². The first-order valence-corrected chi connectivity index (χ1v) is 9.72. The summed E-state index contributed by atoms with van der Waals surface area (Å²) in [6.07, 6.45) is 1.74. The lowest BCUT2D eigenvalue weighted by Gasteiger charge is -2.35. The third-order valence-corrected chi connectivity index (χ3v) is 5.99. The number of carbonyl (C=O) groups is 1. The predicted octanol–water partition coefficient (Wildman–Crippen LogP) is 2.98. The quantitative estimate of drug-likeness (QED) is 0.654. The van der Waals surface area contributed by atoms with Gasteiger partial charge in [0.05, 0.1) is 5.69 Å². The van der Waals surface area contributed by atoms with Gasteiger partial charge < -0.3 is 15.6 Å². The lowest BCUT2D eigenvalue weighted by atomic mass is 9.81. The van der Waals surface area contributed by atoms with E-state index in [0.717, 1.165) is 48.4 Å². The Morgan fingerprint density at radius 1 is 1.22 bits per heavy atom. The average molecular weight is 381 g/mol. The number of hydrogen-bond donors (Lipinski definition) is 3. The molecule has 0 bridgehead atoms. The topological polar surface area (TPSA) is 72.1 Å². The number of para-hydroxylation sites is 1.